The van der Waals surface area contributed by atoms with Crippen LogP contribution < -0.4 is 4.90 Å². The first-order chi connectivity index (χ1) is 8.34. The monoisotopic (exact) mass is 255 g/mol. The first-order valence-corrected chi connectivity index (χ1v) is 5.39. The Morgan fingerprint density at radius 3 is 2.39 bits per heavy atom. The summed E-state index contributed by atoms with van der Waals surface area (Å²) in [6.45, 7) is 2.90. The Bertz CT molecular complexity index is 542. The summed E-state index contributed by atoms with van der Waals surface area (Å²) in [4.78, 5) is 24.3. The number of fused-ring (bicyclic) bond motifs is 1. The maximum Gasteiger partial charge on any atom is 0.299 e. The largest absolute Gasteiger partial charge is 0.391 e. The van der Waals surface area contributed by atoms with E-state index in [0.29, 0.717) is 6.07 Å². The van der Waals surface area contributed by atoms with Crippen molar-refractivity contribution in [3.05, 3.63) is 29.3 Å². The number of rotatable bonds is 2. The van der Waals surface area contributed by atoms with Gasteiger partial charge in [-0.05, 0) is 19.9 Å². The normalized spacial score (nSPS) is 17.9. The van der Waals surface area contributed by atoms with E-state index in [1.54, 1.807) is 0 Å². The molecule has 1 heterocycles. The molecule has 2 unspecified atom stereocenters. The highest BCUT2D eigenvalue weighted by molar-refractivity contribution is 6.52. The second-order valence-corrected chi connectivity index (χ2v) is 4.27. The number of benzene rings is 1. The van der Waals surface area contributed by atoms with Crippen LogP contribution in [0.3, 0.4) is 0 Å². The highest BCUT2D eigenvalue weighted by Crippen LogP contribution is 2.34. The van der Waals surface area contributed by atoms with E-state index in [1.807, 2.05) is 0 Å². The lowest BCUT2D eigenvalue weighted by Crippen LogP contribution is -2.44. The molecule has 1 aromatic rings. The summed E-state index contributed by atoms with van der Waals surface area (Å²) in [7, 11) is 0. The molecule has 0 radical (unpaired) electrons. The zero-order chi connectivity index (χ0) is 13.6. The summed E-state index contributed by atoms with van der Waals surface area (Å²) in [6, 6.07) is 0.655. The molecule has 96 valence electrons. The van der Waals surface area contributed by atoms with Gasteiger partial charge in [0.2, 0.25) is 0 Å². The van der Waals surface area contributed by atoms with Gasteiger partial charge in [-0.15, -0.1) is 0 Å². The van der Waals surface area contributed by atoms with Gasteiger partial charge in [0.15, 0.2) is 5.82 Å². The maximum atomic E-state index is 13.7. The van der Waals surface area contributed by atoms with E-state index in [4.69, 9.17) is 0 Å². The van der Waals surface area contributed by atoms with Gasteiger partial charge in [-0.25, -0.2) is 8.78 Å². The molecule has 2 rings (SSSR count). The van der Waals surface area contributed by atoms with Gasteiger partial charge < -0.3 is 5.11 Å². The standard InChI is InChI=1S/C12H11F2NO3/c1-5(6(2)16)15-10-8(11(17)12(15)18)3-7(13)4-9(10)14/h3-6,16H,1-2H3. The van der Waals surface area contributed by atoms with Crippen molar-refractivity contribution in [1.29, 1.82) is 0 Å². The van der Waals surface area contributed by atoms with Crippen molar-refractivity contribution >= 4 is 17.4 Å². The van der Waals surface area contributed by atoms with Crippen LogP contribution in [0.2, 0.25) is 0 Å². The Kier molecular flexibility index (Phi) is 2.90. The van der Waals surface area contributed by atoms with Gasteiger partial charge >= 0.3 is 0 Å². The molecule has 1 aliphatic heterocycles. The number of amides is 1. The van der Waals surface area contributed by atoms with E-state index in [2.05, 4.69) is 0 Å². The minimum atomic E-state index is -0.989. The highest BCUT2D eigenvalue weighted by atomic mass is 19.1. The molecule has 0 fully saturated rings. The minimum absolute atomic E-state index is 0.264. The van der Waals surface area contributed by atoms with Crippen LogP contribution >= 0.6 is 0 Å². The van der Waals surface area contributed by atoms with E-state index in [-0.39, 0.29) is 11.3 Å². The average molecular weight is 255 g/mol. The van der Waals surface area contributed by atoms with Crippen molar-refractivity contribution < 1.29 is 23.5 Å². The van der Waals surface area contributed by atoms with Gasteiger partial charge in [0, 0.05) is 6.07 Å². The second-order valence-electron chi connectivity index (χ2n) is 4.27. The third kappa shape index (κ3) is 1.69. The number of halogens is 2. The molecule has 0 saturated carbocycles. The SMILES string of the molecule is CC(O)C(C)N1C(=O)C(=O)c2cc(F)cc(F)c21. The van der Waals surface area contributed by atoms with Crippen LogP contribution in [-0.2, 0) is 4.79 Å². The molecule has 18 heavy (non-hydrogen) atoms. The van der Waals surface area contributed by atoms with E-state index >= 15 is 0 Å². The predicted octanol–water partition coefficient (Wildman–Crippen LogP) is 1.26. The van der Waals surface area contributed by atoms with Crippen molar-refractivity contribution in [3.63, 3.8) is 0 Å². The van der Waals surface area contributed by atoms with E-state index in [0.717, 1.165) is 11.0 Å². The first kappa shape index (κ1) is 12.6. The molecule has 4 nitrogen and oxygen atoms in total. The molecule has 6 heteroatoms. The lowest BCUT2D eigenvalue weighted by atomic mass is 10.1. The zero-order valence-electron chi connectivity index (χ0n) is 9.78. The second kappa shape index (κ2) is 4.13. The molecule has 0 spiro atoms. The van der Waals surface area contributed by atoms with Gasteiger partial charge in [-0.2, -0.15) is 0 Å². The molecule has 0 saturated heterocycles. The molecule has 0 aliphatic carbocycles. The molecule has 1 aromatic carbocycles. The van der Waals surface area contributed by atoms with Crippen LogP contribution in [0, 0.1) is 11.6 Å². The first-order valence-electron chi connectivity index (χ1n) is 5.39. The summed E-state index contributed by atoms with van der Waals surface area (Å²) >= 11 is 0. The van der Waals surface area contributed by atoms with E-state index < -0.39 is 35.5 Å². The van der Waals surface area contributed by atoms with Gasteiger partial charge in [-0.3, -0.25) is 14.5 Å². The topological polar surface area (TPSA) is 57.6 Å². The number of ketones is 1. The van der Waals surface area contributed by atoms with Crippen molar-refractivity contribution in [2.75, 3.05) is 4.90 Å². The van der Waals surface area contributed by atoms with Gasteiger partial charge in [0.25, 0.3) is 11.7 Å². The van der Waals surface area contributed by atoms with Crippen molar-refractivity contribution in [1.82, 2.24) is 0 Å². The van der Waals surface area contributed by atoms with Crippen LogP contribution in [0.5, 0.6) is 0 Å². The lowest BCUT2D eigenvalue weighted by Gasteiger charge is -2.26. The molecule has 2 atom stereocenters. The number of aliphatic hydroxyl groups is 1. The number of aliphatic hydroxyl groups excluding tert-OH is 1. The van der Waals surface area contributed by atoms with Crippen molar-refractivity contribution in [2.45, 2.75) is 26.0 Å². The minimum Gasteiger partial charge on any atom is -0.391 e. The fourth-order valence-electron chi connectivity index (χ4n) is 1.91. The third-order valence-corrected chi connectivity index (χ3v) is 3.03. The zero-order valence-corrected chi connectivity index (χ0v) is 9.78. The fourth-order valence-corrected chi connectivity index (χ4v) is 1.91. The summed E-state index contributed by atoms with van der Waals surface area (Å²) in [6.07, 6.45) is -0.947. The summed E-state index contributed by atoms with van der Waals surface area (Å²) in [5.41, 5.74) is -0.565. The lowest BCUT2D eigenvalue weighted by molar-refractivity contribution is -0.115. The van der Waals surface area contributed by atoms with Gasteiger partial charge in [-0.1, -0.05) is 0 Å². The van der Waals surface area contributed by atoms with E-state index in [9.17, 15) is 23.5 Å². The molecular formula is C12H11F2NO3. The Labute approximate surface area is 102 Å². The van der Waals surface area contributed by atoms with Crippen LogP contribution in [0.25, 0.3) is 0 Å². The Morgan fingerprint density at radius 1 is 1.22 bits per heavy atom. The van der Waals surface area contributed by atoms with Crippen LogP contribution in [-0.4, -0.2) is 28.9 Å². The Morgan fingerprint density at radius 2 is 1.83 bits per heavy atom. The quantitative estimate of drug-likeness (QED) is 0.809. The third-order valence-electron chi connectivity index (χ3n) is 3.03. The number of hydrogen-bond acceptors (Lipinski definition) is 3. The number of Topliss-reactive ketones (excluding diaryl/α,β-unsaturated/α-hetero) is 1. The highest BCUT2D eigenvalue weighted by Gasteiger charge is 2.42. The van der Waals surface area contributed by atoms with E-state index in [1.165, 1.54) is 13.8 Å². The van der Waals surface area contributed by atoms with Gasteiger partial charge in [0.1, 0.15) is 5.82 Å². The molecule has 0 aromatic heterocycles. The summed E-state index contributed by atoms with van der Waals surface area (Å²) in [5.74, 6) is -3.82. The van der Waals surface area contributed by atoms with Crippen molar-refractivity contribution in [3.8, 4) is 0 Å². The number of carbonyl (C=O) groups excluding carboxylic acids is 2. The van der Waals surface area contributed by atoms with Crippen LogP contribution in [0.1, 0.15) is 24.2 Å². The Balaban J connectivity index is 2.62. The number of anilines is 1. The van der Waals surface area contributed by atoms with Crippen molar-refractivity contribution in [2.24, 2.45) is 0 Å². The number of hydrogen-bond donors (Lipinski definition) is 1. The summed E-state index contributed by atoms with van der Waals surface area (Å²) in [5, 5.41) is 9.45. The fraction of sp³-hybridized carbons (Fsp3) is 0.333. The molecule has 1 amide bonds. The van der Waals surface area contributed by atoms with Gasteiger partial charge in [0.05, 0.1) is 23.4 Å². The summed E-state index contributed by atoms with van der Waals surface area (Å²) < 4.78 is 26.7. The average Bonchev–Trinajstić information content (AvgIpc) is 2.52. The molecular weight excluding hydrogens is 244 g/mol. The molecule has 1 aliphatic rings. The smallest absolute Gasteiger partial charge is 0.299 e. The van der Waals surface area contributed by atoms with Crippen LogP contribution in [0.15, 0.2) is 12.1 Å². The number of nitrogens with zero attached hydrogens (tertiary/aromatic N) is 1. The predicted molar refractivity (Wildman–Crippen MR) is 59.3 cm³/mol. The Hall–Kier alpha value is -1.82. The molecule has 1 N–H and O–H groups in total. The number of carbonyl (C=O) groups is 2. The molecule has 0 bridgehead atoms. The maximum absolute atomic E-state index is 13.7. The van der Waals surface area contributed by atoms with Crippen LogP contribution in [0.4, 0.5) is 14.5 Å².